The van der Waals surface area contributed by atoms with Crippen molar-refractivity contribution in [3.05, 3.63) is 40.7 Å². The number of pyridine rings is 1. The highest BCUT2D eigenvalue weighted by Crippen LogP contribution is 2.30. The number of non-ortho nitro benzene ring substituents is 1. The van der Waals surface area contributed by atoms with Gasteiger partial charge in [0.25, 0.3) is 5.69 Å². The highest BCUT2D eigenvalue weighted by Gasteiger charge is 2.14. The predicted octanol–water partition coefficient (Wildman–Crippen LogP) is 2.51. The SMILES string of the molecule is CCOC(=O)CCNc1ccc([N+](=O)[O-])c2cnccc12. The second-order valence-electron chi connectivity index (χ2n) is 4.29. The van der Waals surface area contributed by atoms with Gasteiger partial charge in [-0.25, -0.2) is 0 Å². The lowest BCUT2D eigenvalue weighted by molar-refractivity contribution is -0.383. The molecule has 0 saturated carbocycles. The van der Waals surface area contributed by atoms with Crippen LogP contribution in [0.5, 0.6) is 0 Å². The molecule has 0 aliphatic rings. The Morgan fingerprint density at radius 2 is 2.19 bits per heavy atom. The Morgan fingerprint density at radius 1 is 1.38 bits per heavy atom. The van der Waals surface area contributed by atoms with E-state index in [2.05, 4.69) is 10.3 Å². The lowest BCUT2D eigenvalue weighted by Gasteiger charge is -2.09. The minimum atomic E-state index is -0.438. The summed E-state index contributed by atoms with van der Waals surface area (Å²) < 4.78 is 4.84. The average molecular weight is 289 g/mol. The zero-order valence-corrected chi connectivity index (χ0v) is 11.5. The first-order chi connectivity index (χ1) is 10.1. The Labute approximate surface area is 121 Å². The Kier molecular flexibility index (Phi) is 4.65. The number of hydrogen-bond acceptors (Lipinski definition) is 6. The van der Waals surface area contributed by atoms with Crippen molar-refractivity contribution < 1.29 is 14.5 Å². The monoisotopic (exact) mass is 289 g/mol. The molecule has 0 saturated heterocycles. The first-order valence-electron chi connectivity index (χ1n) is 6.54. The number of rotatable bonds is 6. The van der Waals surface area contributed by atoms with E-state index >= 15 is 0 Å². The normalized spacial score (nSPS) is 10.3. The van der Waals surface area contributed by atoms with Crippen molar-refractivity contribution in [1.82, 2.24) is 4.98 Å². The van der Waals surface area contributed by atoms with Gasteiger partial charge in [0.1, 0.15) is 0 Å². The van der Waals surface area contributed by atoms with E-state index in [1.807, 2.05) is 0 Å². The first kappa shape index (κ1) is 14.7. The number of nitrogens with zero attached hydrogens (tertiary/aromatic N) is 2. The van der Waals surface area contributed by atoms with Crippen LogP contribution in [0.1, 0.15) is 13.3 Å². The van der Waals surface area contributed by atoms with Crippen LogP contribution in [0.3, 0.4) is 0 Å². The van der Waals surface area contributed by atoms with Crippen LogP contribution in [0.2, 0.25) is 0 Å². The minimum Gasteiger partial charge on any atom is -0.466 e. The standard InChI is InChI=1S/C14H15N3O4/c1-2-21-14(18)6-8-16-12-3-4-13(17(19)20)11-9-15-7-5-10(11)12/h3-5,7,9,16H,2,6,8H2,1H3. The molecule has 21 heavy (non-hydrogen) atoms. The van der Waals surface area contributed by atoms with Gasteiger partial charge in [-0.3, -0.25) is 19.9 Å². The Balaban J connectivity index is 2.20. The van der Waals surface area contributed by atoms with E-state index in [9.17, 15) is 14.9 Å². The fourth-order valence-electron chi connectivity index (χ4n) is 2.02. The Morgan fingerprint density at radius 3 is 2.90 bits per heavy atom. The summed E-state index contributed by atoms with van der Waals surface area (Å²) in [6.07, 6.45) is 3.27. The van der Waals surface area contributed by atoms with Crippen molar-refractivity contribution in [2.45, 2.75) is 13.3 Å². The maximum absolute atomic E-state index is 11.3. The maximum Gasteiger partial charge on any atom is 0.307 e. The van der Waals surface area contributed by atoms with Gasteiger partial charge in [-0.15, -0.1) is 0 Å². The zero-order valence-electron chi connectivity index (χ0n) is 11.5. The van der Waals surface area contributed by atoms with Crippen LogP contribution in [0.25, 0.3) is 10.8 Å². The van der Waals surface area contributed by atoms with E-state index in [1.165, 1.54) is 12.3 Å². The van der Waals surface area contributed by atoms with E-state index in [0.29, 0.717) is 23.9 Å². The number of aromatic nitrogens is 1. The third kappa shape index (κ3) is 3.44. The van der Waals surface area contributed by atoms with Gasteiger partial charge in [-0.2, -0.15) is 0 Å². The second kappa shape index (κ2) is 6.65. The average Bonchev–Trinajstić information content (AvgIpc) is 2.47. The maximum atomic E-state index is 11.3. The van der Waals surface area contributed by atoms with E-state index in [-0.39, 0.29) is 18.1 Å². The van der Waals surface area contributed by atoms with E-state index in [1.54, 1.807) is 25.3 Å². The Hall–Kier alpha value is -2.70. The molecule has 0 atom stereocenters. The van der Waals surface area contributed by atoms with E-state index < -0.39 is 4.92 Å². The number of fused-ring (bicyclic) bond motifs is 1. The molecule has 0 spiro atoms. The third-order valence-electron chi connectivity index (χ3n) is 2.94. The summed E-state index contributed by atoms with van der Waals surface area (Å²) >= 11 is 0. The largest absolute Gasteiger partial charge is 0.466 e. The number of nitrogens with one attached hydrogen (secondary N) is 1. The number of ether oxygens (including phenoxy) is 1. The van der Waals surface area contributed by atoms with Crippen LogP contribution >= 0.6 is 0 Å². The number of hydrogen-bond donors (Lipinski definition) is 1. The van der Waals surface area contributed by atoms with Gasteiger partial charge in [0.2, 0.25) is 0 Å². The third-order valence-corrected chi connectivity index (χ3v) is 2.94. The van der Waals surface area contributed by atoms with Crippen LogP contribution in [-0.4, -0.2) is 29.0 Å². The quantitative estimate of drug-likeness (QED) is 0.499. The van der Waals surface area contributed by atoms with Crippen molar-refractivity contribution in [3.63, 3.8) is 0 Å². The number of carbonyl (C=O) groups excluding carboxylic acids is 1. The molecule has 0 aliphatic heterocycles. The molecule has 1 N–H and O–H groups in total. The van der Waals surface area contributed by atoms with Gasteiger partial charge < -0.3 is 10.1 Å². The van der Waals surface area contributed by atoms with Crippen LogP contribution in [0, 0.1) is 10.1 Å². The molecule has 1 heterocycles. The van der Waals surface area contributed by atoms with Crippen molar-refractivity contribution in [2.24, 2.45) is 0 Å². The molecule has 7 nitrogen and oxygen atoms in total. The summed E-state index contributed by atoms with van der Waals surface area (Å²) in [5, 5.41) is 15.2. The highest BCUT2D eigenvalue weighted by atomic mass is 16.6. The van der Waals surface area contributed by atoms with Crippen LogP contribution in [0.4, 0.5) is 11.4 Å². The van der Waals surface area contributed by atoms with Gasteiger partial charge in [0, 0.05) is 36.1 Å². The topological polar surface area (TPSA) is 94.4 Å². The molecule has 0 unspecified atom stereocenters. The lowest BCUT2D eigenvalue weighted by Crippen LogP contribution is -2.11. The lowest BCUT2D eigenvalue weighted by atomic mass is 10.1. The molecule has 110 valence electrons. The zero-order chi connectivity index (χ0) is 15.2. The molecular weight excluding hydrogens is 274 g/mol. The van der Waals surface area contributed by atoms with Crippen LogP contribution < -0.4 is 5.32 Å². The predicted molar refractivity (Wildman–Crippen MR) is 78.1 cm³/mol. The van der Waals surface area contributed by atoms with Crippen molar-refractivity contribution in [2.75, 3.05) is 18.5 Å². The van der Waals surface area contributed by atoms with E-state index in [4.69, 9.17) is 4.74 Å². The van der Waals surface area contributed by atoms with Gasteiger partial charge in [0.15, 0.2) is 0 Å². The molecule has 0 amide bonds. The summed E-state index contributed by atoms with van der Waals surface area (Å²) in [5.41, 5.74) is 0.733. The van der Waals surface area contributed by atoms with Crippen LogP contribution in [0.15, 0.2) is 30.6 Å². The van der Waals surface area contributed by atoms with Gasteiger partial charge >= 0.3 is 5.97 Å². The molecule has 0 fully saturated rings. The molecular formula is C14H15N3O4. The highest BCUT2D eigenvalue weighted by molar-refractivity contribution is 5.99. The first-order valence-corrected chi connectivity index (χ1v) is 6.54. The van der Waals surface area contributed by atoms with E-state index in [0.717, 1.165) is 5.69 Å². The number of benzene rings is 1. The molecule has 2 rings (SSSR count). The minimum absolute atomic E-state index is 0.00837. The molecule has 1 aromatic carbocycles. The molecule has 0 bridgehead atoms. The number of esters is 1. The fourth-order valence-corrected chi connectivity index (χ4v) is 2.02. The molecule has 2 aromatic rings. The summed E-state index contributed by atoms with van der Waals surface area (Å²) in [7, 11) is 0. The number of anilines is 1. The summed E-state index contributed by atoms with van der Waals surface area (Å²) in [6.45, 7) is 2.50. The fraction of sp³-hybridized carbons (Fsp3) is 0.286. The second-order valence-corrected chi connectivity index (χ2v) is 4.29. The molecule has 0 aliphatic carbocycles. The van der Waals surface area contributed by atoms with Crippen molar-refractivity contribution in [1.29, 1.82) is 0 Å². The Bertz CT molecular complexity index is 672. The molecule has 1 aromatic heterocycles. The van der Waals surface area contributed by atoms with Crippen molar-refractivity contribution >= 4 is 28.1 Å². The van der Waals surface area contributed by atoms with Gasteiger partial charge in [-0.1, -0.05) is 0 Å². The molecule has 7 heteroatoms. The molecule has 0 radical (unpaired) electrons. The van der Waals surface area contributed by atoms with Gasteiger partial charge in [0.05, 0.1) is 23.3 Å². The summed E-state index contributed by atoms with van der Waals surface area (Å²) in [4.78, 5) is 25.8. The smallest absolute Gasteiger partial charge is 0.307 e. The summed E-state index contributed by atoms with van der Waals surface area (Å²) in [5.74, 6) is -0.280. The number of carbonyl (C=O) groups is 1. The number of nitro groups is 1. The van der Waals surface area contributed by atoms with Crippen LogP contribution in [-0.2, 0) is 9.53 Å². The summed E-state index contributed by atoms with van der Waals surface area (Å²) in [6, 6.07) is 4.76. The number of nitro benzene ring substituents is 1. The van der Waals surface area contributed by atoms with Crippen molar-refractivity contribution in [3.8, 4) is 0 Å². The van der Waals surface area contributed by atoms with Gasteiger partial charge in [-0.05, 0) is 19.1 Å².